The van der Waals surface area contributed by atoms with Gasteiger partial charge < -0.3 is 22.1 Å². The first-order valence-corrected chi connectivity index (χ1v) is 18.9. The Morgan fingerprint density at radius 2 is 0.679 bits per heavy atom. The van der Waals surface area contributed by atoms with E-state index >= 15 is 0 Å². The van der Waals surface area contributed by atoms with Crippen LogP contribution in [-0.4, -0.2) is 0 Å². The van der Waals surface area contributed by atoms with E-state index < -0.39 is 10.9 Å². The molecule has 6 rings (SSSR count). The molecular formula is C48H60N4O4. The third-order valence-electron chi connectivity index (χ3n) is 12.0. The van der Waals surface area contributed by atoms with Gasteiger partial charge in [0.2, 0.25) is 10.9 Å². The van der Waals surface area contributed by atoms with E-state index in [1.54, 1.807) is 13.8 Å². The molecule has 0 aliphatic carbocycles. The van der Waals surface area contributed by atoms with Crippen molar-refractivity contribution in [1.82, 2.24) is 0 Å². The van der Waals surface area contributed by atoms with Crippen LogP contribution >= 0.6 is 0 Å². The van der Waals surface area contributed by atoms with Crippen molar-refractivity contribution < 1.29 is 0 Å². The lowest BCUT2D eigenvalue weighted by molar-refractivity contribution is 1.17. The Balaban J connectivity index is 0.000000236. The molecule has 0 heterocycles. The zero-order valence-corrected chi connectivity index (χ0v) is 36.3. The van der Waals surface area contributed by atoms with Crippen LogP contribution in [0.3, 0.4) is 0 Å². The first kappa shape index (κ1) is 44.6. The van der Waals surface area contributed by atoms with E-state index in [1.165, 1.54) is 61.2 Å². The quantitative estimate of drug-likeness (QED) is 0.103. The molecule has 6 aromatic rings. The van der Waals surface area contributed by atoms with Crippen molar-refractivity contribution in [2.75, 3.05) is 22.1 Å². The number of nitrogens with two attached hydrogens (primary N) is 2. The van der Waals surface area contributed by atoms with Crippen LogP contribution < -0.4 is 43.8 Å². The third-order valence-corrected chi connectivity index (χ3v) is 12.0. The van der Waals surface area contributed by atoms with E-state index in [2.05, 4.69) is 92.9 Å². The lowest BCUT2D eigenvalue weighted by atomic mass is 9.97. The molecule has 0 unspecified atom stereocenters. The highest BCUT2D eigenvalue weighted by Crippen LogP contribution is 2.32. The average Bonchev–Trinajstić information content (AvgIpc) is 3.18. The fraction of sp³-hybridized carbons (Fsp3) is 0.333. The Bertz CT molecular complexity index is 2510. The van der Waals surface area contributed by atoms with Gasteiger partial charge in [-0.25, -0.2) is 0 Å². The summed E-state index contributed by atoms with van der Waals surface area (Å²) in [6, 6.07) is 12.0. The van der Waals surface area contributed by atoms with Gasteiger partial charge in [-0.2, -0.15) is 0 Å². The minimum atomic E-state index is -0.478. The molecule has 0 saturated heterocycles. The second-order valence-corrected chi connectivity index (χ2v) is 15.2. The number of hydrogen-bond acceptors (Lipinski definition) is 8. The Morgan fingerprint density at radius 3 is 1.14 bits per heavy atom. The molecule has 0 spiro atoms. The number of nitrogens with one attached hydrogen (secondary N) is 2. The first-order valence-electron chi connectivity index (χ1n) is 18.9. The average molecular weight is 757 g/mol. The predicted molar refractivity (Wildman–Crippen MR) is 240 cm³/mol. The fourth-order valence-electron chi connectivity index (χ4n) is 6.17. The summed E-state index contributed by atoms with van der Waals surface area (Å²) in [6.45, 7) is 32.4. The van der Waals surface area contributed by atoms with Crippen molar-refractivity contribution >= 4 is 34.1 Å². The van der Waals surface area contributed by atoms with Crippen LogP contribution in [0, 0.1) is 111 Å². The van der Waals surface area contributed by atoms with E-state index in [-0.39, 0.29) is 10.9 Å². The topological polar surface area (TPSA) is 144 Å². The van der Waals surface area contributed by atoms with Crippen molar-refractivity contribution in [2.24, 2.45) is 0 Å². The largest absolute Gasteiger partial charge is 0.399 e. The van der Waals surface area contributed by atoms with Crippen LogP contribution in [-0.2, 0) is 0 Å². The van der Waals surface area contributed by atoms with Gasteiger partial charge in [0.05, 0.1) is 0 Å². The second kappa shape index (κ2) is 17.8. The maximum Gasteiger partial charge on any atom is 0.253 e. The highest BCUT2D eigenvalue weighted by Gasteiger charge is 2.23. The molecule has 0 bridgehead atoms. The van der Waals surface area contributed by atoms with Crippen LogP contribution in [0.15, 0.2) is 55.6 Å². The summed E-state index contributed by atoms with van der Waals surface area (Å²) >= 11 is 0. The maximum absolute atomic E-state index is 12.2. The van der Waals surface area contributed by atoms with Crippen molar-refractivity contribution in [3.63, 3.8) is 0 Å². The molecule has 56 heavy (non-hydrogen) atoms. The molecule has 0 fully saturated rings. The molecule has 8 heteroatoms. The maximum atomic E-state index is 12.2. The molecule has 6 N–H and O–H groups in total. The Kier molecular flexibility index (Phi) is 14.2. The summed E-state index contributed by atoms with van der Waals surface area (Å²) in [5.74, 6) is 0. The van der Waals surface area contributed by atoms with Crippen molar-refractivity contribution in [3.8, 4) is 0 Å². The predicted octanol–water partition coefficient (Wildman–Crippen LogP) is 9.52. The van der Waals surface area contributed by atoms with Crippen LogP contribution in [0.25, 0.3) is 0 Å². The molecule has 8 nitrogen and oxygen atoms in total. The summed E-state index contributed by atoms with van der Waals surface area (Å²) in [5, 5.41) is 6.37. The second-order valence-electron chi connectivity index (χ2n) is 15.2. The van der Waals surface area contributed by atoms with E-state index in [0.717, 1.165) is 39.4 Å². The summed E-state index contributed by atoms with van der Waals surface area (Å²) < 4.78 is 0. The molecule has 0 amide bonds. The fourth-order valence-corrected chi connectivity index (χ4v) is 6.17. The van der Waals surface area contributed by atoms with Gasteiger partial charge in [0, 0.05) is 33.9 Å². The monoisotopic (exact) mass is 756 g/mol. The molecule has 0 radical (unpaired) electrons. The molecule has 0 aliphatic heterocycles. The summed E-state index contributed by atoms with van der Waals surface area (Å²) in [5.41, 5.74) is 32.4. The molecule has 0 saturated carbocycles. The number of nitrogen functional groups attached to an aromatic ring is 2. The molecule has 6 aromatic carbocycles. The normalized spacial score (nSPS) is 10.6. The highest BCUT2D eigenvalue weighted by atomic mass is 16.2. The van der Waals surface area contributed by atoms with E-state index in [1.807, 2.05) is 51.1 Å². The highest BCUT2D eigenvalue weighted by molar-refractivity contribution is 5.84. The smallest absolute Gasteiger partial charge is 0.253 e. The van der Waals surface area contributed by atoms with Gasteiger partial charge in [-0.05, 0) is 213 Å². The van der Waals surface area contributed by atoms with Crippen molar-refractivity contribution in [1.29, 1.82) is 0 Å². The van der Waals surface area contributed by atoms with Gasteiger partial charge in [-0.3, -0.25) is 19.2 Å². The molecule has 0 aromatic heterocycles. The van der Waals surface area contributed by atoms with Gasteiger partial charge in [0.15, 0.2) is 0 Å². The van der Waals surface area contributed by atoms with Crippen LogP contribution in [0.4, 0.5) is 34.1 Å². The molecule has 296 valence electrons. The van der Waals surface area contributed by atoms with Crippen LogP contribution in [0.1, 0.15) is 89.0 Å². The summed E-state index contributed by atoms with van der Waals surface area (Å²) in [4.78, 5) is 45.1. The Labute approximate surface area is 332 Å². The lowest BCUT2D eigenvalue weighted by Gasteiger charge is -2.20. The van der Waals surface area contributed by atoms with E-state index in [9.17, 15) is 19.2 Å². The van der Waals surface area contributed by atoms with Crippen molar-refractivity contribution in [2.45, 2.75) is 111 Å². The minimum Gasteiger partial charge on any atom is -0.399 e. The van der Waals surface area contributed by atoms with Crippen LogP contribution in [0.2, 0.25) is 0 Å². The molecule has 0 aliphatic rings. The number of rotatable bonds is 4. The van der Waals surface area contributed by atoms with Gasteiger partial charge in [-0.1, -0.05) is 12.1 Å². The first-order chi connectivity index (χ1) is 25.9. The minimum absolute atomic E-state index is 0.317. The van der Waals surface area contributed by atoms with E-state index in [0.29, 0.717) is 22.5 Å². The van der Waals surface area contributed by atoms with Gasteiger partial charge in [-0.15, -0.1) is 0 Å². The summed E-state index contributed by atoms with van der Waals surface area (Å²) in [7, 11) is 0. The third kappa shape index (κ3) is 9.19. The SMILES string of the molecule is Cc1c(C)c(=O)c1=O.Cc1cc(N)c(C)c(C)c1C.Cc1ccc(N)c(C)c1C.Cc1ccc(Nc2c(Nc3cc(C)c(C)c(C)c3C)c(=O)c2=O)c(C)c1C. The number of benzene rings is 4. The lowest BCUT2D eigenvalue weighted by Crippen LogP contribution is -2.36. The van der Waals surface area contributed by atoms with Crippen LogP contribution in [0.5, 0.6) is 0 Å². The summed E-state index contributed by atoms with van der Waals surface area (Å²) in [6.07, 6.45) is 0. The molecule has 0 atom stereocenters. The van der Waals surface area contributed by atoms with Crippen molar-refractivity contribution in [3.05, 3.63) is 166 Å². The number of hydrogen-bond donors (Lipinski definition) is 4. The van der Waals surface area contributed by atoms with Gasteiger partial charge in [0.25, 0.3) is 10.9 Å². The zero-order valence-electron chi connectivity index (χ0n) is 36.3. The Morgan fingerprint density at radius 1 is 0.321 bits per heavy atom. The number of anilines is 6. The standard InChI is InChI=1S/C23H26N2O2.C10H15N.C9H13N.C6H6O2/c1-11-8-9-18(16(6)13(11)3)24-20-21(23(27)22(20)26)25-19-10-12(2)14(4)15(5)17(19)7;1-6-5-10(11)9(4)8(3)7(6)2;1-6-4-5-9(10)8(3)7(6)2;1-3-4(2)6(8)5(3)7/h8-10,24-25H,1-7H3;5H,11H2,1-4H3;4-5H,10H2,1-3H3;1-2H3. The van der Waals surface area contributed by atoms with Gasteiger partial charge >= 0.3 is 0 Å². The molecular weight excluding hydrogens is 697 g/mol. The number of aryl methyl sites for hydroxylation is 4. The van der Waals surface area contributed by atoms with E-state index in [4.69, 9.17) is 11.5 Å². The zero-order chi connectivity index (χ0) is 42.7. The van der Waals surface area contributed by atoms with Gasteiger partial charge in [0.1, 0.15) is 11.4 Å². The Hall–Kier alpha value is -5.76.